The van der Waals surface area contributed by atoms with Crippen LogP contribution in [0.5, 0.6) is 0 Å². The molecular formula is C15H31ClN2. The molecule has 108 valence electrons. The summed E-state index contributed by atoms with van der Waals surface area (Å²) >= 11 is 0. The van der Waals surface area contributed by atoms with Crippen LogP contribution in [0.25, 0.3) is 0 Å². The third-order valence-corrected chi connectivity index (χ3v) is 4.84. The van der Waals surface area contributed by atoms with Gasteiger partial charge in [-0.05, 0) is 38.1 Å². The Labute approximate surface area is 119 Å². The van der Waals surface area contributed by atoms with Crippen molar-refractivity contribution >= 4 is 12.4 Å². The van der Waals surface area contributed by atoms with Crippen LogP contribution in [0.15, 0.2) is 0 Å². The van der Waals surface area contributed by atoms with Crippen LogP contribution in [0.3, 0.4) is 0 Å². The van der Waals surface area contributed by atoms with Crippen molar-refractivity contribution in [2.75, 3.05) is 13.1 Å². The summed E-state index contributed by atoms with van der Waals surface area (Å²) in [6.07, 6.45) is 12.5. The maximum Gasteiger partial charge on any atom is 0.00953 e. The Hall–Kier alpha value is 0.210. The molecule has 1 saturated heterocycles. The van der Waals surface area contributed by atoms with E-state index in [-0.39, 0.29) is 12.4 Å². The number of hydrogen-bond donors (Lipinski definition) is 1. The van der Waals surface area contributed by atoms with E-state index < -0.39 is 0 Å². The summed E-state index contributed by atoms with van der Waals surface area (Å²) in [4.78, 5) is 2.77. The fourth-order valence-corrected chi connectivity index (χ4v) is 3.63. The van der Waals surface area contributed by atoms with Gasteiger partial charge in [-0.3, -0.25) is 4.90 Å². The SMILES string of the molecule is CCCC[C@H]1CN(C2CCCCC2)CC[C@@H]1N.Cl. The predicted octanol–water partition coefficient (Wildman–Crippen LogP) is 3.58. The van der Waals surface area contributed by atoms with Gasteiger partial charge in [0.15, 0.2) is 0 Å². The first-order valence-electron chi connectivity index (χ1n) is 7.81. The summed E-state index contributed by atoms with van der Waals surface area (Å²) in [6.45, 7) is 4.83. The van der Waals surface area contributed by atoms with Crippen molar-refractivity contribution in [3.05, 3.63) is 0 Å². The number of rotatable bonds is 4. The number of likely N-dealkylation sites (tertiary alicyclic amines) is 1. The van der Waals surface area contributed by atoms with Gasteiger partial charge < -0.3 is 5.73 Å². The Bertz CT molecular complexity index is 217. The van der Waals surface area contributed by atoms with Gasteiger partial charge in [0, 0.05) is 18.6 Å². The Morgan fingerprint density at radius 1 is 1.11 bits per heavy atom. The Morgan fingerprint density at radius 3 is 2.50 bits per heavy atom. The van der Waals surface area contributed by atoms with Gasteiger partial charge in [0.25, 0.3) is 0 Å². The molecule has 2 nitrogen and oxygen atoms in total. The summed E-state index contributed by atoms with van der Waals surface area (Å²) in [5, 5.41) is 0. The lowest BCUT2D eigenvalue weighted by atomic mass is 9.85. The number of piperidine rings is 1. The second-order valence-corrected chi connectivity index (χ2v) is 6.14. The second kappa shape index (κ2) is 8.39. The van der Waals surface area contributed by atoms with Crippen LogP contribution in [-0.2, 0) is 0 Å². The first-order valence-corrected chi connectivity index (χ1v) is 7.81. The molecule has 1 aliphatic heterocycles. The van der Waals surface area contributed by atoms with Gasteiger partial charge >= 0.3 is 0 Å². The van der Waals surface area contributed by atoms with Gasteiger partial charge in [0.05, 0.1) is 0 Å². The molecule has 1 saturated carbocycles. The molecule has 0 aromatic rings. The summed E-state index contributed by atoms with van der Waals surface area (Å²) in [5.41, 5.74) is 6.28. The molecule has 2 aliphatic rings. The van der Waals surface area contributed by atoms with E-state index in [9.17, 15) is 0 Å². The minimum Gasteiger partial charge on any atom is -0.327 e. The lowest BCUT2D eigenvalue weighted by Gasteiger charge is -2.42. The maximum atomic E-state index is 6.28. The maximum absolute atomic E-state index is 6.28. The highest BCUT2D eigenvalue weighted by molar-refractivity contribution is 5.85. The van der Waals surface area contributed by atoms with Crippen molar-refractivity contribution < 1.29 is 0 Å². The van der Waals surface area contributed by atoms with Crippen molar-refractivity contribution in [3.63, 3.8) is 0 Å². The third-order valence-electron chi connectivity index (χ3n) is 4.84. The van der Waals surface area contributed by atoms with Gasteiger partial charge in [0.2, 0.25) is 0 Å². The number of nitrogens with two attached hydrogens (primary N) is 1. The van der Waals surface area contributed by atoms with E-state index in [0.717, 1.165) is 12.0 Å². The molecule has 0 aromatic heterocycles. The molecule has 2 atom stereocenters. The molecule has 0 unspecified atom stereocenters. The molecule has 0 bridgehead atoms. The fourth-order valence-electron chi connectivity index (χ4n) is 3.63. The van der Waals surface area contributed by atoms with Gasteiger partial charge in [0.1, 0.15) is 0 Å². The third kappa shape index (κ3) is 4.40. The van der Waals surface area contributed by atoms with Crippen LogP contribution in [0.2, 0.25) is 0 Å². The van der Waals surface area contributed by atoms with Gasteiger partial charge in [-0.25, -0.2) is 0 Å². The Balaban J connectivity index is 0.00000162. The molecule has 2 rings (SSSR count). The quantitative estimate of drug-likeness (QED) is 0.849. The van der Waals surface area contributed by atoms with Crippen LogP contribution in [0, 0.1) is 5.92 Å². The van der Waals surface area contributed by atoms with Crippen LogP contribution < -0.4 is 5.73 Å². The highest BCUT2D eigenvalue weighted by atomic mass is 35.5. The van der Waals surface area contributed by atoms with E-state index in [1.54, 1.807) is 0 Å². The lowest BCUT2D eigenvalue weighted by Crippen LogP contribution is -2.51. The molecule has 0 radical (unpaired) electrons. The van der Waals surface area contributed by atoms with Crippen LogP contribution >= 0.6 is 12.4 Å². The predicted molar refractivity (Wildman–Crippen MR) is 81.3 cm³/mol. The zero-order valence-electron chi connectivity index (χ0n) is 11.9. The minimum absolute atomic E-state index is 0. The van der Waals surface area contributed by atoms with Crippen molar-refractivity contribution in [2.45, 2.75) is 76.8 Å². The van der Waals surface area contributed by atoms with Crippen molar-refractivity contribution in [3.8, 4) is 0 Å². The number of halogens is 1. The monoisotopic (exact) mass is 274 g/mol. The van der Waals surface area contributed by atoms with Crippen LogP contribution in [0.4, 0.5) is 0 Å². The zero-order chi connectivity index (χ0) is 12.1. The van der Waals surface area contributed by atoms with E-state index in [1.165, 1.54) is 70.9 Å². The minimum atomic E-state index is 0. The van der Waals surface area contributed by atoms with Crippen molar-refractivity contribution in [1.82, 2.24) is 4.90 Å². The van der Waals surface area contributed by atoms with Crippen LogP contribution in [0.1, 0.15) is 64.7 Å². The highest BCUT2D eigenvalue weighted by Gasteiger charge is 2.30. The van der Waals surface area contributed by atoms with E-state index >= 15 is 0 Å². The molecule has 3 heteroatoms. The second-order valence-electron chi connectivity index (χ2n) is 6.14. The molecule has 0 aromatic carbocycles. The highest BCUT2D eigenvalue weighted by Crippen LogP contribution is 2.28. The molecule has 2 fully saturated rings. The van der Waals surface area contributed by atoms with Gasteiger partial charge in [-0.1, -0.05) is 39.0 Å². The molecular weight excluding hydrogens is 244 g/mol. The normalized spacial score (nSPS) is 31.0. The summed E-state index contributed by atoms with van der Waals surface area (Å²) < 4.78 is 0. The standard InChI is InChI=1S/C15H30N2.ClH/c1-2-3-7-13-12-17(11-10-15(13)16)14-8-5-4-6-9-14;/h13-15H,2-12,16H2,1H3;1H/t13-,15-;/m0./s1. The van der Waals surface area contributed by atoms with E-state index in [2.05, 4.69) is 11.8 Å². The fraction of sp³-hybridized carbons (Fsp3) is 1.00. The molecule has 0 spiro atoms. The topological polar surface area (TPSA) is 29.3 Å². The summed E-state index contributed by atoms with van der Waals surface area (Å²) in [7, 11) is 0. The Morgan fingerprint density at radius 2 is 1.83 bits per heavy atom. The van der Waals surface area contributed by atoms with E-state index in [4.69, 9.17) is 5.73 Å². The van der Waals surface area contributed by atoms with Gasteiger partial charge in [-0.15, -0.1) is 12.4 Å². The van der Waals surface area contributed by atoms with Crippen molar-refractivity contribution in [1.29, 1.82) is 0 Å². The first kappa shape index (κ1) is 16.3. The molecule has 2 N–H and O–H groups in total. The number of nitrogens with zero attached hydrogens (tertiary/aromatic N) is 1. The smallest absolute Gasteiger partial charge is 0.00953 e. The molecule has 18 heavy (non-hydrogen) atoms. The number of hydrogen-bond acceptors (Lipinski definition) is 2. The van der Waals surface area contributed by atoms with E-state index in [1.807, 2.05) is 0 Å². The summed E-state index contributed by atoms with van der Waals surface area (Å²) in [5.74, 6) is 0.769. The zero-order valence-corrected chi connectivity index (χ0v) is 12.8. The van der Waals surface area contributed by atoms with Crippen molar-refractivity contribution in [2.24, 2.45) is 11.7 Å². The first-order chi connectivity index (χ1) is 8.31. The number of unbranched alkanes of at least 4 members (excludes halogenated alkanes) is 1. The van der Waals surface area contributed by atoms with Crippen LogP contribution in [-0.4, -0.2) is 30.1 Å². The van der Waals surface area contributed by atoms with Gasteiger partial charge in [-0.2, -0.15) is 0 Å². The summed E-state index contributed by atoms with van der Waals surface area (Å²) in [6, 6.07) is 1.36. The average molecular weight is 275 g/mol. The lowest BCUT2D eigenvalue weighted by molar-refractivity contribution is 0.0830. The molecule has 1 heterocycles. The average Bonchev–Trinajstić information content (AvgIpc) is 2.39. The largest absolute Gasteiger partial charge is 0.327 e. The Kier molecular flexibility index (Phi) is 7.59. The van der Waals surface area contributed by atoms with E-state index in [0.29, 0.717) is 6.04 Å². The molecule has 1 aliphatic carbocycles. The molecule has 0 amide bonds.